The second-order valence-electron chi connectivity index (χ2n) is 7.83. The molecule has 0 bridgehead atoms. The van der Waals surface area contributed by atoms with Crippen LogP contribution in [0.2, 0.25) is 0 Å². The zero-order valence-electron chi connectivity index (χ0n) is 15.3. The first-order chi connectivity index (χ1) is 12.6. The number of esters is 1. The van der Waals surface area contributed by atoms with Crippen LogP contribution in [0.15, 0.2) is 0 Å². The molecular formula is C19H28O7. The number of hydrogen-bond acceptors (Lipinski definition) is 7. The van der Waals surface area contributed by atoms with Crippen LogP contribution in [0.25, 0.3) is 0 Å². The molecule has 4 aliphatic rings. The first-order valence-electron chi connectivity index (χ1n) is 9.81. The van der Waals surface area contributed by atoms with Crippen LogP contribution in [0, 0.1) is 0 Å². The predicted molar refractivity (Wildman–Crippen MR) is 89.4 cm³/mol. The minimum absolute atomic E-state index is 0.127. The van der Waals surface area contributed by atoms with Crippen molar-refractivity contribution < 1.29 is 33.3 Å². The lowest BCUT2D eigenvalue weighted by atomic mass is 9.88. The van der Waals surface area contributed by atoms with Crippen LogP contribution in [0.3, 0.4) is 0 Å². The van der Waals surface area contributed by atoms with Gasteiger partial charge in [0.15, 0.2) is 5.79 Å². The average Bonchev–Trinajstić information content (AvgIpc) is 3.02. The molecule has 3 aliphatic heterocycles. The molecular weight excluding hydrogens is 340 g/mol. The minimum atomic E-state index is -0.564. The molecule has 0 radical (unpaired) electrons. The first-order valence-corrected chi connectivity index (χ1v) is 9.81. The van der Waals surface area contributed by atoms with E-state index in [0.29, 0.717) is 6.42 Å². The molecule has 1 spiro atoms. The summed E-state index contributed by atoms with van der Waals surface area (Å²) in [4.78, 5) is 22.8. The molecule has 4 fully saturated rings. The quantitative estimate of drug-likeness (QED) is 0.554. The van der Waals surface area contributed by atoms with E-state index in [9.17, 15) is 9.59 Å². The molecule has 0 aromatic carbocycles. The molecule has 1 aliphatic carbocycles. The van der Waals surface area contributed by atoms with E-state index >= 15 is 0 Å². The van der Waals surface area contributed by atoms with E-state index in [2.05, 4.69) is 0 Å². The van der Waals surface area contributed by atoms with E-state index in [4.69, 9.17) is 23.7 Å². The molecule has 7 heteroatoms. The first kappa shape index (κ1) is 18.3. The third-order valence-electron chi connectivity index (χ3n) is 6.12. The van der Waals surface area contributed by atoms with Gasteiger partial charge in [0.25, 0.3) is 0 Å². The summed E-state index contributed by atoms with van der Waals surface area (Å²) in [5, 5.41) is 0. The lowest BCUT2D eigenvalue weighted by Gasteiger charge is -2.46. The van der Waals surface area contributed by atoms with Crippen LogP contribution in [-0.2, 0) is 33.3 Å². The van der Waals surface area contributed by atoms with Crippen LogP contribution < -0.4 is 0 Å². The summed E-state index contributed by atoms with van der Waals surface area (Å²) in [6.45, 7) is 0. The normalized spacial score (nSPS) is 41.3. The van der Waals surface area contributed by atoms with Gasteiger partial charge in [0, 0.05) is 19.3 Å². The van der Waals surface area contributed by atoms with Gasteiger partial charge in [-0.25, -0.2) is 0 Å². The second-order valence-corrected chi connectivity index (χ2v) is 7.83. The third kappa shape index (κ3) is 3.42. The maximum Gasteiger partial charge on any atom is 0.308 e. The van der Waals surface area contributed by atoms with Crippen LogP contribution in [0.5, 0.6) is 0 Å². The number of hydrogen-bond donors (Lipinski definition) is 0. The Morgan fingerprint density at radius 1 is 1.08 bits per heavy atom. The van der Waals surface area contributed by atoms with E-state index in [0.717, 1.165) is 44.8 Å². The van der Waals surface area contributed by atoms with Gasteiger partial charge in [0.05, 0.1) is 31.8 Å². The molecule has 146 valence electrons. The zero-order valence-corrected chi connectivity index (χ0v) is 15.3. The number of carbonyl (C=O) groups excluding carboxylic acids is 2. The number of aldehydes is 1. The molecule has 3 heterocycles. The fraction of sp³-hybridized carbons (Fsp3) is 0.895. The number of ether oxygens (including phenoxy) is 5. The van der Waals surface area contributed by atoms with Crippen molar-refractivity contribution in [2.24, 2.45) is 0 Å². The van der Waals surface area contributed by atoms with Crippen molar-refractivity contribution in [3.05, 3.63) is 0 Å². The van der Waals surface area contributed by atoms with Crippen molar-refractivity contribution in [2.45, 2.75) is 100 Å². The lowest BCUT2D eigenvalue weighted by Crippen LogP contribution is -2.59. The van der Waals surface area contributed by atoms with Gasteiger partial charge in [0.2, 0.25) is 0 Å². The maximum absolute atomic E-state index is 11.6. The zero-order chi connectivity index (χ0) is 18.1. The molecule has 1 saturated carbocycles. The second kappa shape index (κ2) is 7.54. The summed E-state index contributed by atoms with van der Waals surface area (Å²) in [7, 11) is 1.39. The molecule has 0 aromatic rings. The monoisotopic (exact) mass is 368 g/mol. The number of methoxy groups -OCH3 is 1. The fourth-order valence-corrected chi connectivity index (χ4v) is 4.86. The Hall–Kier alpha value is -1.02. The van der Waals surface area contributed by atoms with Gasteiger partial charge in [-0.05, 0) is 25.7 Å². The van der Waals surface area contributed by atoms with Crippen molar-refractivity contribution in [2.75, 3.05) is 7.11 Å². The Kier molecular flexibility index (Phi) is 5.32. The highest BCUT2D eigenvalue weighted by molar-refractivity contribution is 5.69. The van der Waals surface area contributed by atoms with Crippen molar-refractivity contribution in [3.63, 3.8) is 0 Å². The number of carbonyl (C=O) groups is 2. The number of fused-ring (bicyclic) bond motifs is 3. The minimum Gasteiger partial charge on any atom is -0.469 e. The Balaban J connectivity index is 1.52. The topological polar surface area (TPSA) is 80.3 Å². The van der Waals surface area contributed by atoms with E-state index in [1.807, 2.05) is 0 Å². The van der Waals surface area contributed by atoms with E-state index < -0.39 is 5.79 Å². The highest BCUT2D eigenvalue weighted by atomic mass is 16.8. The fourth-order valence-electron chi connectivity index (χ4n) is 4.86. The molecule has 3 saturated heterocycles. The summed E-state index contributed by atoms with van der Waals surface area (Å²) in [6.07, 6.45) is 6.61. The Labute approximate surface area is 153 Å². The smallest absolute Gasteiger partial charge is 0.308 e. The van der Waals surface area contributed by atoms with Crippen molar-refractivity contribution >= 4 is 12.3 Å². The predicted octanol–water partition coefficient (Wildman–Crippen LogP) is 1.90. The van der Waals surface area contributed by atoms with Gasteiger partial charge in [-0.3, -0.25) is 4.79 Å². The Morgan fingerprint density at radius 3 is 2.58 bits per heavy atom. The summed E-state index contributed by atoms with van der Waals surface area (Å²) < 4.78 is 30.0. The van der Waals surface area contributed by atoms with Crippen LogP contribution in [0.4, 0.5) is 0 Å². The van der Waals surface area contributed by atoms with E-state index in [1.54, 1.807) is 0 Å². The molecule has 4 rings (SSSR count). The van der Waals surface area contributed by atoms with Crippen molar-refractivity contribution in [1.82, 2.24) is 0 Å². The van der Waals surface area contributed by atoms with Gasteiger partial charge in [-0.1, -0.05) is 6.42 Å². The highest BCUT2D eigenvalue weighted by Gasteiger charge is 2.59. The average molecular weight is 368 g/mol. The standard InChI is InChI=1S/C19H28O7/c1-22-15(21)11-12-5-6-13-16(23-12)18-17(14(24-13)7-10-20)25-19(26-18)8-3-2-4-9-19/h10,12-14,16-18H,2-9,11H2,1H3/t12-,13+,14?,16?,17-,18+/m1/s1. The number of rotatable bonds is 4. The third-order valence-corrected chi connectivity index (χ3v) is 6.12. The molecule has 26 heavy (non-hydrogen) atoms. The van der Waals surface area contributed by atoms with Gasteiger partial charge in [0.1, 0.15) is 24.6 Å². The summed E-state index contributed by atoms with van der Waals surface area (Å²) in [6, 6.07) is 0. The summed E-state index contributed by atoms with van der Waals surface area (Å²) in [5.41, 5.74) is 0. The van der Waals surface area contributed by atoms with Gasteiger partial charge in [-0.2, -0.15) is 0 Å². The molecule has 0 amide bonds. The molecule has 0 aromatic heterocycles. The van der Waals surface area contributed by atoms with Gasteiger partial charge < -0.3 is 28.5 Å². The van der Waals surface area contributed by atoms with Gasteiger partial charge >= 0.3 is 5.97 Å². The SMILES string of the molecule is COC(=O)C[C@H]1CC[C@@H]2OC(CC=O)[C@H]3OC4(CCCCC4)O[C@H]3C2O1. The Bertz CT molecular complexity index is 530. The summed E-state index contributed by atoms with van der Waals surface area (Å²) >= 11 is 0. The largest absolute Gasteiger partial charge is 0.469 e. The van der Waals surface area contributed by atoms with Crippen molar-refractivity contribution in [1.29, 1.82) is 0 Å². The van der Waals surface area contributed by atoms with E-state index in [1.165, 1.54) is 13.5 Å². The van der Waals surface area contributed by atoms with Crippen LogP contribution in [0.1, 0.15) is 57.8 Å². The molecule has 2 unspecified atom stereocenters. The van der Waals surface area contributed by atoms with Crippen LogP contribution >= 0.6 is 0 Å². The molecule has 7 nitrogen and oxygen atoms in total. The highest BCUT2D eigenvalue weighted by Crippen LogP contribution is 2.47. The maximum atomic E-state index is 11.6. The lowest BCUT2D eigenvalue weighted by molar-refractivity contribution is -0.240. The van der Waals surface area contributed by atoms with Gasteiger partial charge in [-0.15, -0.1) is 0 Å². The Morgan fingerprint density at radius 2 is 1.85 bits per heavy atom. The van der Waals surface area contributed by atoms with Crippen LogP contribution in [-0.4, -0.2) is 61.8 Å². The van der Waals surface area contributed by atoms with Crippen molar-refractivity contribution in [3.8, 4) is 0 Å². The molecule has 0 N–H and O–H groups in total. The molecule has 6 atom stereocenters. The van der Waals surface area contributed by atoms with E-state index in [-0.39, 0.29) is 49.0 Å². The summed E-state index contributed by atoms with van der Waals surface area (Å²) in [5.74, 6) is -0.834.